The first-order valence-electron chi connectivity index (χ1n) is 7.32. The Hall–Kier alpha value is -0.910. The molecule has 5 heteroatoms. The fourth-order valence-corrected chi connectivity index (χ4v) is 4.32. The quantitative estimate of drug-likeness (QED) is 0.874. The summed E-state index contributed by atoms with van der Waals surface area (Å²) in [7, 11) is -3.44. The summed E-state index contributed by atoms with van der Waals surface area (Å²) in [5.41, 5.74) is 7.73. The van der Waals surface area contributed by atoms with E-state index in [0.717, 1.165) is 36.8 Å². The van der Waals surface area contributed by atoms with Crippen molar-refractivity contribution < 1.29 is 8.42 Å². The van der Waals surface area contributed by atoms with Crippen molar-refractivity contribution in [1.82, 2.24) is 4.72 Å². The maximum Gasteiger partial charge on any atom is 0.240 e. The van der Waals surface area contributed by atoms with Gasteiger partial charge in [-0.2, -0.15) is 0 Å². The van der Waals surface area contributed by atoms with Crippen LogP contribution in [0.3, 0.4) is 0 Å². The molecule has 1 aliphatic rings. The lowest BCUT2D eigenvalue weighted by atomic mass is 10.1. The van der Waals surface area contributed by atoms with Gasteiger partial charge in [-0.25, -0.2) is 13.1 Å². The summed E-state index contributed by atoms with van der Waals surface area (Å²) < 4.78 is 27.7. The number of nitrogens with two attached hydrogens (primary N) is 1. The predicted molar refractivity (Wildman–Crippen MR) is 80.8 cm³/mol. The van der Waals surface area contributed by atoms with E-state index >= 15 is 0 Å². The minimum atomic E-state index is -3.44. The molecule has 2 rings (SSSR count). The van der Waals surface area contributed by atoms with E-state index in [-0.39, 0.29) is 6.04 Å². The second kappa shape index (κ2) is 6.24. The van der Waals surface area contributed by atoms with Crippen LogP contribution in [0.2, 0.25) is 0 Å². The molecule has 0 aliphatic heterocycles. The summed E-state index contributed by atoms with van der Waals surface area (Å²) in [6.07, 6.45) is 3.98. The summed E-state index contributed by atoms with van der Waals surface area (Å²) in [5, 5.41) is 0. The van der Waals surface area contributed by atoms with E-state index in [1.807, 2.05) is 13.0 Å². The first-order valence-corrected chi connectivity index (χ1v) is 8.80. The first-order chi connectivity index (χ1) is 9.47. The number of hydrogen-bond acceptors (Lipinski definition) is 3. The van der Waals surface area contributed by atoms with E-state index in [2.05, 4.69) is 11.6 Å². The van der Waals surface area contributed by atoms with Crippen molar-refractivity contribution >= 4 is 10.0 Å². The first kappa shape index (κ1) is 15.5. The zero-order chi connectivity index (χ0) is 14.8. The zero-order valence-corrected chi connectivity index (χ0v) is 13.0. The molecule has 4 nitrogen and oxygen atoms in total. The van der Waals surface area contributed by atoms with E-state index in [0.29, 0.717) is 17.4 Å². The van der Waals surface area contributed by atoms with Crippen molar-refractivity contribution in [2.24, 2.45) is 11.7 Å². The molecule has 1 aliphatic carbocycles. The molecule has 0 saturated heterocycles. The lowest BCUT2D eigenvalue weighted by Crippen LogP contribution is -2.36. The predicted octanol–water partition coefficient (Wildman–Crippen LogP) is 2.17. The van der Waals surface area contributed by atoms with E-state index in [1.165, 1.54) is 0 Å². The van der Waals surface area contributed by atoms with Crippen LogP contribution in [0.1, 0.15) is 44.2 Å². The summed E-state index contributed by atoms with van der Waals surface area (Å²) in [6, 6.07) is 5.32. The highest BCUT2D eigenvalue weighted by molar-refractivity contribution is 7.89. The molecular formula is C15H24N2O2S. The third-order valence-electron chi connectivity index (χ3n) is 4.26. The van der Waals surface area contributed by atoms with Crippen LogP contribution >= 0.6 is 0 Å². The van der Waals surface area contributed by atoms with E-state index in [4.69, 9.17) is 5.73 Å². The van der Waals surface area contributed by atoms with Gasteiger partial charge in [-0.15, -0.1) is 0 Å². The van der Waals surface area contributed by atoms with Gasteiger partial charge in [0, 0.05) is 12.6 Å². The maximum absolute atomic E-state index is 12.4. The molecule has 20 heavy (non-hydrogen) atoms. The maximum atomic E-state index is 12.4. The fourth-order valence-electron chi connectivity index (χ4n) is 2.89. The third-order valence-corrected chi connectivity index (χ3v) is 5.74. The van der Waals surface area contributed by atoms with Gasteiger partial charge in [0.2, 0.25) is 10.0 Å². The van der Waals surface area contributed by atoms with Crippen LogP contribution in [0, 0.1) is 5.92 Å². The average Bonchev–Trinajstić information content (AvgIpc) is 2.82. The molecule has 0 amide bonds. The number of sulfonamides is 1. The molecule has 2 unspecified atom stereocenters. The SMILES string of the molecule is CCc1ccc(S(=O)(=O)NC2CCCC2C)cc1CN. The number of rotatable bonds is 5. The molecule has 0 radical (unpaired) electrons. The highest BCUT2D eigenvalue weighted by atomic mass is 32.2. The molecule has 0 spiro atoms. The Labute approximate surface area is 121 Å². The van der Waals surface area contributed by atoms with Gasteiger partial charge in [0.05, 0.1) is 4.90 Å². The molecule has 0 bridgehead atoms. The van der Waals surface area contributed by atoms with Gasteiger partial charge in [0.1, 0.15) is 0 Å². The number of aryl methyl sites for hydroxylation is 1. The Morgan fingerprint density at radius 2 is 2.05 bits per heavy atom. The minimum absolute atomic E-state index is 0.0622. The average molecular weight is 296 g/mol. The molecular weight excluding hydrogens is 272 g/mol. The van der Waals surface area contributed by atoms with Crippen LogP contribution in [-0.2, 0) is 23.0 Å². The highest BCUT2D eigenvalue weighted by Gasteiger charge is 2.28. The molecule has 2 atom stereocenters. The van der Waals surface area contributed by atoms with Crippen LogP contribution < -0.4 is 10.5 Å². The van der Waals surface area contributed by atoms with Gasteiger partial charge in [0.15, 0.2) is 0 Å². The van der Waals surface area contributed by atoms with Crippen molar-refractivity contribution in [2.45, 2.75) is 57.0 Å². The van der Waals surface area contributed by atoms with Crippen molar-refractivity contribution in [3.63, 3.8) is 0 Å². The fraction of sp³-hybridized carbons (Fsp3) is 0.600. The van der Waals surface area contributed by atoms with Crippen LogP contribution in [0.25, 0.3) is 0 Å². The van der Waals surface area contributed by atoms with E-state index in [9.17, 15) is 8.42 Å². The van der Waals surface area contributed by atoms with Crippen molar-refractivity contribution in [3.8, 4) is 0 Å². The lowest BCUT2D eigenvalue weighted by Gasteiger charge is -2.18. The van der Waals surface area contributed by atoms with Gasteiger partial charge < -0.3 is 5.73 Å². The standard InChI is InChI=1S/C15H24N2O2S/c1-3-12-7-8-14(9-13(12)10-16)20(18,19)17-15-6-4-5-11(15)2/h7-9,11,15,17H,3-6,10,16H2,1-2H3. The summed E-state index contributed by atoms with van der Waals surface area (Å²) in [6.45, 7) is 4.51. The lowest BCUT2D eigenvalue weighted by molar-refractivity contribution is 0.476. The van der Waals surface area contributed by atoms with Gasteiger partial charge in [-0.3, -0.25) is 0 Å². The molecule has 0 aromatic heterocycles. The Balaban J connectivity index is 2.25. The van der Waals surface area contributed by atoms with Crippen LogP contribution in [0.15, 0.2) is 23.1 Å². The van der Waals surface area contributed by atoms with Crippen LogP contribution in [-0.4, -0.2) is 14.5 Å². The second-order valence-corrected chi connectivity index (χ2v) is 7.34. The molecule has 1 fully saturated rings. The monoisotopic (exact) mass is 296 g/mol. The smallest absolute Gasteiger partial charge is 0.240 e. The summed E-state index contributed by atoms with van der Waals surface area (Å²) in [5.74, 6) is 0.411. The van der Waals surface area contributed by atoms with Crippen molar-refractivity contribution in [3.05, 3.63) is 29.3 Å². The van der Waals surface area contributed by atoms with Gasteiger partial charge >= 0.3 is 0 Å². The van der Waals surface area contributed by atoms with Gasteiger partial charge in [-0.05, 0) is 48.4 Å². The molecule has 1 aromatic carbocycles. The summed E-state index contributed by atoms with van der Waals surface area (Å²) in [4.78, 5) is 0.328. The van der Waals surface area contributed by atoms with E-state index in [1.54, 1.807) is 12.1 Å². The van der Waals surface area contributed by atoms with Gasteiger partial charge in [0.25, 0.3) is 0 Å². The molecule has 0 heterocycles. The van der Waals surface area contributed by atoms with Crippen molar-refractivity contribution in [1.29, 1.82) is 0 Å². The normalized spacial score (nSPS) is 23.1. The molecule has 1 saturated carbocycles. The molecule has 112 valence electrons. The Morgan fingerprint density at radius 1 is 1.30 bits per heavy atom. The largest absolute Gasteiger partial charge is 0.326 e. The zero-order valence-electron chi connectivity index (χ0n) is 12.2. The summed E-state index contributed by atoms with van der Waals surface area (Å²) >= 11 is 0. The Kier molecular flexibility index (Phi) is 4.83. The minimum Gasteiger partial charge on any atom is -0.326 e. The Bertz CT molecular complexity index is 569. The highest BCUT2D eigenvalue weighted by Crippen LogP contribution is 2.26. The number of nitrogens with one attached hydrogen (secondary N) is 1. The third kappa shape index (κ3) is 3.22. The Morgan fingerprint density at radius 3 is 2.60 bits per heavy atom. The molecule has 1 aromatic rings. The topological polar surface area (TPSA) is 72.2 Å². The van der Waals surface area contributed by atoms with E-state index < -0.39 is 10.0 Å². The van der Waals surface area contributed by atoms with Crippen LogP contribution in [0.4, 0.5) is 0 Å². The number of benzene rings is 1. The van der Waals surface area contributed by atoms with Gasteiger partial charge in [-0.1, -0.05) is 26.3 Å². The van der Waals surface area contributed by atoms with Crippen LogP contribution in [0.5, 0.6) is 0 Å². The van der Waals surface area contributed by atoms with Crippen molar-refractivity contribution in [2.75, 3.05) is 0 Å². The molecule has 3 N–H and O–H groups in total. The number of hydrogen-bond donors (Lipinski definition) is 2. The second-order valence-electron chi connectivity index (χ2n) is 5.62.